The lowest BCUT2D eigenvalue weighted by Crippen LogP contribution is -1.89. The number of benzene rings is 6. The van der Waals surface area contributed by atoms with Crippen molar-refractivity contribution in [1.29, 1.82) is 0 Å². The van der Waals surface area contributed by atoms with Gasteiger partial charge in [0.25, 0.3) is 0 Å². The first-order chi connectivity index (χ1) is 29.1. The third-order valence-corrected chi connectivity index (χ3v) is 10.9. The molecule has 0 amide bonds. The molecule has 282 valence electrons. The van der Waals surface area contributed by atoms with Gasteiger partial charge in [0.05, 0.1) is 0 Å². The highest BCUT2D eigenvalue weighted by Crippen LogP contribution is 2.39. The highest BCUT2D eigenvalue weighted by Gasteiger charge is 2.17. The zero-order chi connectivity index (χ0) is 39.7. The molecule has 1 aliphatic rings. The van der Waals surface area contributed by atoms with Crippen LogP contribution in [-0.2, 0) is 6.42 Å². The summed E-state index contributed by atoms with van der Waals surface area (Å²) in [6.45, 7) is 3.91. The number of hydrogen-bond donors (Lipinski definition) is 1. The summed E-state index contributed by atoms with van der Waals surface area (Å²) in [6.07, 6.45) is 26.8. The quantitative estimate of drug-likeness (QED) is 0.164. The van der Waals surface area contributed by atoms with Crippen LogP contribution in [0.5, 0.6) is 5.75 Å². The summed E-state index contributed by atoms with van der Waals surface area (Å²) in [5.74, 6) is 0.956. The lowest BCUT2D eigenvalue weighted by Gasteiger charge is -2.07. The molecule has 4 nitrogen and oxygen atoms in total. The van der Waals surface area contributed by atoms with E-state index in [4.69, 9.17) is 13.3 Å². The molecular weight excluding hydrogens is 725 g/mol. The zero-order valence-corrected chi connectivity index (χ0v) is 32.1. The molecule has 1 aliphatic carbocycles. The Morgan fingerprint density at radius 2 is 1.14 bits per heavy atom. The van der Waals surface area contributed by atoms with Crippen molar-refractivity contribution in [3.63, 3.8) is 0 Å². The van der Waals surface area contributed by atoms with Crippen LogP contribution in [0.25, 0.3) is 89.3 Å². The minimum atomic E-state index is 0.193. The minimum Gasteiger partial charge on any atom is -0.508 e. The maximum atomic E-state index is 11.2. The monoisotopic (exact) mass is 762 g/mol. The Kier molecular flexibility index (Phi) is 9.20. The van der Waals surface area contributed by atoms with Crippen molar-refractivity contribution in [1.82, 2.24) is 0 Å². The summed E-state index contributed by atoms with van der Waals surface area (Å²) in [6, 6.07) is 41.3. The molecular formula is C55H38O4. The van der Waals surface area contributed by atoms with Crippen LogP contribution in [0.2, 0.25) is 0 Å². The standard InChI is InChI=1S/C55H38O4/c1-2-3-15-39(24-25-42-32-46-44-30-40(37-17-7-4-8-18-37)26-28-51(44)58-53(46)34-49(42)56)36-16-11-6-12-22-43-47-33-48-45-31-41(38-19-9-5-10-20-38)27-29-52(45)59-55(48)35-54(47)57-50(43)23-14-13-21-36/h2-24,26-35,56H,1,25H2/b11-6+,12-6?,14-13?,15-3-,16-11?,21-13-,22-12+,23-14-,36-16+,36-21?,39-24+,43-22?,50-23?. The van der Waals surface area contributed by atoms with Gasteiger partial charge in [0.15, 0.2) is 0 Å². The van der Waals surface area contributed by atoms with E-state index in [-0.39, 0.29) is 5.75 Å². The van der Waals surface area contributed by atoms with Crippen molar-refractivity contribution in [3.8, 4) is 28.0 Å². The van der Waals surface area contributed by atoms with E-state index in [9.17, 15) is 5.11 Å². The van der Waals surface area contributed by atoms with Gasteiger partial charge in [0, 0.05) is 44.6 Å². The highest BCUT2D eigenvalue weighted by molar-refractivity contribution is 6.12. The Bertz CT molecular complexity index is 3300. The Hall–Kier alpha value is -7.82. The molecule has 0 saturated carbocycles. The summed E-state index contributed by atoms with van der Waals surface area (Å²) < 4.78 is 18.9. The van der Waals surface area contributed by atoms with E-state index in [2.05, 4.69) is 97.6 Å². The number of furan rings is 3. The normalized spacial score (nSPS) is 16.5. The van der Waals surface area contributed by atoms with E-state index in [1.165, 1.54) is 5.56 Å². The third-order valence-electron chi connectivity index (χ3n) is 10.9. The second-order valence-electron chi connectivity index (χ2n) is 14.6. The first-order valence-corrected chi connectivity index (χ1v) is 19.7. The van der Waals surface area contributed by atoms with Crippen molar-refractivity contribution >= 4 is 67.0 Å². The summed E-state index contributed by atoms with van der Waals surface area (Å²) >= 11 is 0. The Labute approximate surface area is 341 Å². The van der Waals surface area contributed by atoms with Gasteiger partial charge in [-0.2, -0.15) is 0 Å². The zero-order valence-electron chi connectivity index (χ0n) is 32.1. The number of fused-ring (bicyclic) bond motifs is 9. The molecule has 0 spiro atoms. The number of hydrogen-bond acceptors (Lipinski definition) is 4. The van der Waals surface area contributed by atoms with Crippen molar-refractivity contribution in [2.75, 3.05) is 0 Å². The van der Waals surface area contributed by atoms with Crippen LogP contribution in [-0.4, -0.2) is 5.11 Å². The van der Waals surface area contributed by atoms with Crippen molar-refractivity contribution in [2.45, 2.75) is 6.42 Å². The van der Waals surface area contributed by atoms with Crippen LogP contribution >= 0.6 is 0 Å². The molecule has 10 rings (SSSR count). The van der Waals surface area contributed by atoms with E-state index in [0.29, 0.717) is 12.0 Å². The molecule has 0 fully saturated rings. The molecule has 0 radical (unpaired) electrons. The van der Waals surface area contributed by atoms with Crippen molar-refractivity contribution < 1.29 is 18.4 Å². The van der Waals surface area contributed by atoms with Gasteiger partial charge in [-0.1, -0.05) is 152 Å². The van der Waals surface area contributed by atoms with E-state index >= 15 is 0 Å². The third kappa shape index (κ3) is 6.87. The maximum absolute atomic E-state index is 11.2. The van der Waals surface area contributed by atoms with Gasteiger partial charge in [-0.3, -0.25) is 0 Å². The molecule has 59 heavy (non-hydrogen) atoms. The number of phenols is 1. The summed E-state index contributed by atoms with van der Waals surface area (Å²) in [5.41, 5.74) is 12.2. The van der Waals surface area contributed by atoms with Gasteiger partial charge in [-0.25, -0.2) is 0 Å². The van der Waals surface area contributed by atoms with Gasteiger partial charge in [0.1, 0.15) is 39.4 Å². The van der Waals surface area contributed by atoms with Crippen LogP contribution in [0, 0.1) is 0 Å². The first kappa shape index (κ1) is 35.6. The Morgan fingerprint density at radius 1 is 0.525 bits per heavy atom. The molecule has 0 saturated heterocycles. The Balaban J connectivity index is 0.968. The number of phenolic OH excluding ortho intramolecular Hbond substituents is 1. The molecule has 0 aliphatic heterocycles. The van der Waals surface area contributed by atoms with Gasteiger partial charge < -0.3 is 18.4 Å². The highest BCUT2D eigenvalue weighted by atomic mass is 16.3. The van der Waals surface area contributed by atoms with Gasteiger partial charge in [0.2, 0.25) is 0 Å². The lowest BCUT2D eigenvalue weighted by molar-refractivity contribution is 0.469. The van der Waals surface area contributed by atoms with E-state index < -0.39 is 0 Å². The van der Waals surface area contributed by atoms with Gasteiger partial charge >= 0.3 is 0 Å². The van der Waals surface area contributed by atoms with Crippen molar-refractivity contribution in [2.24, 2.45) is 0 Å². The predicted molar refractivity (Wildman–Crippen MR) is 245 cm³/mol. The SMILES string of the molecule is C=C\C=C/C(=C\Cc1cc2c(cc1O)oc1ccc(-c3ccccc3)cc12)C1=C/C=C/C=C/c2c(oc3cc4oc5ccc(-c6ccccc6)cc5c4cc23)\C=C/C=C\1. The second-order valence-corrected chi connectivity index (χ2v) is 14.6. The van der Waals surface area contributed by atoms with Crippen LogP contribution in [0.15, 0.2) is 219 Å². The molecule has 3 aromatic heterocycles. The lowest BCUT2D eigenvalue weighted by atomic mass is 9.98. The largest absolute Gasteiger partial charge is 0.508 e. The van der Waals surface area contributed by atoms with E-state index in [0.717, 1.165) is 94.0 Å². The fourth-order valence-electron chi connectivity index (χ4n) is 7.94. The summed E-state index contributed by atoms with van der Waals surface area (Å²) in [4.78, 5) is 0. The van der Waals surface area contributed by atoms with Crippen LogP contribution < -0.4 is 0 Å². The number of allylic oxidation sites excluding steroid dienone is 13. The van der Waals surface area contributed by atoms with Crippen molar-refractivity contribution in [3.05, 3.63) is 223 Å². The van der Waals surface area contributed by atoms with Gasteiger partial charge in [-0.15, -0.1) is 0 Å². The molecule has 9 aromatic rings. The van der Waals surface area contributed by atoms with Crippen LogP contribution in [0.1, 0.15) is 16.9 Å². The molecule has 6 aromatic carbocycles. The fraction of sp³-hybridized carbons (Fsp3) is 0.0182. The maximum Gasteiger partial charge on any atom is 0.139 e. The molecule has 1 N–H and O–H groups in total. The topological polar surface area (TPSA) is 59.7 Å². The van der Waals surface area contributed by atoms with Gasteiger partial charge in [-0.05, 0) is 87.9 Å². The minimum absolute atomic E-state index is 0.193. The fourth-order valence-corrected chi connectivity index (χ4v) is 7.94. The average molecular weight is 763 g/mol. The molecule has 0 unspecified atom stereocenters. The smallest absolute Gasteiger partial charge is 0.139 e. The second kappa shape index (κ2) is 15.3. The van der Waals surface area contributed by atoms with E-state index in [1.807, 2.05) is 97.1 Å². The summed E-state index contributed by atoms with van der Waals surface area (Å²) in [7, 11) is 0. The Morgan fingerprint density at radius 3 is 1.83 bits per heavy atom. The molecule has 0 bridgehead atoms. The first-order valence-electron chi connectivity index (χ1n) is 19.7. The van der Waals surface area contributed by atoms with Crippen LogP contribution in [0.3, 0.4) is 0 Å². The van der Waals surface area contributed by atoms with E-state index in [1.54, 1.807) is 12.1 Å². The molecule has 3 heterocycles. The number of aromatic hydroxyl groups is 1. The van der Waals surface area contributed by atoms with Crippen LogP contribution in [0.4, 0.5) is 0 Å². The number of rotatable bonds is 7. The molecule has 0 atom stereocenters. The molecule has 4 heteroatoms. The summed E-state index contributed by atoms with van der Waals surface area (Å²) in [5, 5.41) is 16.3. The predicted octanol–water partition coefficient (Wildman–Crippen LogP) is 15.3. The average Bonchev–Trinajstić information content (AvgIpc) is 3.92.